The van der Waals surface area contributed by atoms with E-state index in [0.29, 0.717) is 11.1 Å². The average molecular weight is 313 g/mol. The van der Waals surface area contributed by atoms with E-state index < -0.39 is 15.9 Å². The summed E-state index contributed by atoms with van der Waals surface area (Å²) in [4.78, 5) is 15.3. The highest BCUT2D eigenvalue weighted by Crippen LogP contribution is 2.09. The van der Waals surface area contributed by atoms with Gasteiger partial charge in [0.1, 0.15) is 4.90 Å². The van der Waals surface area contributed by atoms with Crippen molar-refractivity contribution in [2.75, 3.05) is 0 Å². The van der Waals surface area contributed by atoms with Crippen LogP contribution >= 0.6 is 0 Å². The van der Waals surface area contributed by atoms with Crippen LogP contribution in [0.3, 0.4) is 0 Å². The number of benzene rings is 1. The van der Waals surface area contributed by atoms with Gasteiger partial charge in [-0.15, -0.1) is 0 Å². The molecule has 2 aromatic rings. The molecule has 0 radical (unpaired) electrons. The molecule has 1 aromatic heterocycles. The number of nitrogens with one attached hydrogen (secondary N) is 1. The molecule has 6 nitrogen and oxygen atoms in total. The molecule has 0 unspecified atom stereocenters. The van der Waals surface area contributed by atoms with E-state index in [4.69, 9.17) is 5.26 Å². The lowest BCUT2D eigenvalue weighted by Crippen LogP contribution is -2.29. The van der Waals surface area contributed by atoms with E-state index in [-0.39, 0.29) is 4.90 Å². The van der Waals surface area contributed by atoms with Gasteiger partial charge in [0, 0.05) is 18.5 Å². The second-order valence-corrected chi connectivity index (χ2v) is 5.87. The van der Waals surface area contributed by atoms with E-state index in [9.17, 15) is 13.2 Å². The number of rotatable bonds is 4. The molecule has 0 aliphatic heterocycles. The van der Waals surface area contributed by atoms with Gasteiger partial charge in [0.05, 0.1) is 11.6 Å². The fraction of sp³-hybridized carbons (Fsp3) is 0. The first kappa shape index (κ1) is 15.4. The Labute approximate surface area is 127 Å². The van der Waals surface area contributed by atoms with E-state index in [0.717, 1.165) is 12.3 Å². The predicted octanol–water partition coefficient (Wildman–Crippen LogP) is 1.47. The van der Waals surface area contributed by atoms with Crippen LogP contribution in [0.5, 0.6) is 0 Å². The topological polar surface area (TPSA) is 99.9 Å². The highest BCUT2D eigenvalue weighted by atomic mass is 32.2. The van der Waals surface area contributed by atoms with Gasteiger partial charge >= 0.3 is 0 Å². The van der Waals surface area contributed by atoms with Crippen molar-refractivity contribution < 1.29 is 13.2 Å². The molecule has 1 amide bonds. The Hall–Kier alpha value is -2.98. The van der Waals surface area contributed by atoms with E-state index in [2.05, 4.69) is 4.98 Å². The fourth-order valence-corrected chi connectivity index (χ4v) is 2.55. The molecular formula is C15H11N3O3S. The number of nitriles is 1. The van der Waals surface area contributed by atoms with Gasteiger partial charge < -0.3 is 0 Å². The fourth-order valence-electron chi connectivity index (χ4n) is 1.64. The van der Waals surface area contributed by atoms with Crippen molar-refractivity contribution >= 4 is 22.0 Å². The number of hydrogen-bond acceptors (Lipinski definition) is 5. The first-order valence-corrected chi connectivity index (χ1v) is 7.65. The quantitative estimate of drug-likeness (QED) is 0.862. The summed E-state index contributed by atoms with van der Waals surface area (Å²) >= 11 is 0. The molecule has 0 aliphatic rings. The van der Waals surface area contributed by atoms with Crippen LogP contribution in [0.4, 0.5) is 0 Å². The summed E-state index contributed by atoms with van der Waals surface area (Å²) in [5, 5.41) is 8.93. The largest absolute Gasteiger partial charge is 0.269 e. The molecule has 0 saturated heterocycles. The van der Waals surface area contributed by atoms with Gasteiger partial charge in [0.25, 0.3) is 15.9 Å². The van der Waals surface area contributed by atoms with Crippen molar-refractivity contribution in [1.29, 1.82) is 5.26 Å². The van der Waals surface area contributed by atoms with Crippen LogP contribution in [-0.2, 0) is 14.8 Å². The number of hydrogen-bond donors (Lipinski definition) is 1. The second-order valence-electron chi connectivity index (χ2n) is 4.19. The Bertz CT molecular complexity index is 853. The summed E-state index contributed by atoms with van der Waals surface area (Å²) in [7, 11) is -3.96. The van der Waals surface area contributed by atoms with Crippen LogP contribution in [0.2, 0.25) is 0 Å². The molecule has 7 heteroatoms. The summed E-state index contributed by atoms with van der Waals surface area (Å²) in [6.45, 7) is 0. The highest BCUT2D eigenvalue weighted by Gasteiger charge is 2.15. The zero-order valence-corrected chi connectivity index (χ0v) is 12.1. The van der Waals surface area contributed by atoms with Gasteiger partial charge in [-0.1, -0.05) is 18.2 Å². The van der Waals surface area contributed by atoms with Gasteiger partial charge in [-0.25, -0.2) is 13.1 Å². The first-order chi connectivity index (χ1) is 10.5. The minimum absolute atomic E-state index is 0.103. The molecule has 1 aromatic carbocycles. The lowest BCUT2D eigenvalue weighted by Gasteiger charge is -2.03. The molecule has 0 saturated carbocycles. The van der Waals surface area contributed by atoms with Crippen molar-refractivity contribution in [2.45, 2.75) is 4.90 Å². The zero-order chi connectivity index (χ0) is 16.0. The molecule has 0 bridgehead atoms. The number of sulfonamides is 1. The minimum atomic E-state index is -3.96. The van der Waals surface area contributed by atoms with Crippen LogP contribution in [0.15, 0.2) is 59.8 Å². The van der Waals surface area contributed by atoms with Crippen LogP contribution < -0.4 is 4.72 Å². The van der Waals surface area contributed by atoms with Crippen molar-refractivity contribution in [3.05, 3.63) is 66.0 Å². The standard InChI is InChI=1S/C15H11N3O3S/c16-10-13-5-2-1-4-12(13)7-8-15(19)18-22(20,21)14-6-3-9-17-11-14/h1-9,11H,(H,18,19)/b8-7+. The molecule has 0 fully saturated rings. The Kier molecular flexibility index (Phi) is 4.66. The van der Waals surface area contributed by atoms with E-state index in [1.807, 2.05) is 10.8 Å². The maximum absolute atomic E-state index is 11.9. The summed E-state index contributed by atoms with van der Waals surface area (Å²) in [5.74, 6) is -0.809. The first-order valence-electron chi connectivity index (χ1n) is 6.17. The third kappa shape index (κ3) is 3.77. The third-order valence-electron chi connectivity index (χ3n) is 2.68. The maximum Gasteiger partial charge on any atom is 0.265 e. The number of aromatic nitrogens is 1. The molecule has 1 N–H and O–H groups in total. The summed E-state index contributed by atoms with van der Waals surface area (Å²) < 4.78 is 25.7. The van der Waals surface area contributed by atoms with E-state index >= 15 is 0 Å². The van der Waals surface area contributed by atoms with Crippen molar-refractivity contribution in [3.8, 4) is 6.07 Å². The zero-order valence-electron chi connectivity index (χ0n) is 11.3. The number of nitrogens with zero attached hydrogens (tertiary/aromatic N) is 2. The summed E-state index contributed by atoms with van der Waals surface area (Å²) in [6.07, 6.45) is 5.01. The van der Waals surface area contributed by atoms with Crippen LogP contribution in [0.25, 0.3) is 6.08 Å². The number of carbonyl (C=O) groups is 1. The normalized spacial score (nSPS) is 11.0. The van der Waals surface area contributed by atoms with Gasteiger partial charge in [-0.2, -0.15) is 5.26 Å². The Balaban J connectivity index is 2.14. The average Bonchev–Trinajstić information content (AvgIpc) is 2.53. The lowest BCUT2D eigenvalue weighted by molar-refractivity contribution is -0.114. The lowest BCUT2D eigenvalue weighted by atomic mass is 10.1. The van der Waals surface area contributed by atoms with E-state index in [1.165, 1.54) is 24.4 Å². The molecular weight excluding hydrogens is 302 g/mol. The smallest absolute Gasteiger partial charge is 0.265 e. The van der Waals surface area contributed by atoms with Crippen molar-refractivity contribution in [1.82, 2.24) is 9.71 Å². The molecule has 2 rings (SSSR count). The molecule has 22 heavy (non-hydrogen) atoms. The Morgan fingerprint density at radius 1 is 1.23 bits per heavy atom. The van der Waals surface area contributed by atoms with Gasteiger partial charge in [0.2, 0.25) is 0 Å². The van der Waals surface area contributed by atoms with Crippen LogP contribution in [-0.4, -0.2) is 19.3 Å². The number of amides is 1. The van der Waals surface area contributed by atoms with Crippen LogP contribution in [0.1, 0.15) is 11.1 Å². The number of pyridine rings is 1. The van der Waals surface area contributed by atoms with Crippen LogP contribution in [0, 0.1) is 11.3 Å². The Morgan fingerprint density at radius 3 is 2.68 bits per heavy atom. The molecule has 0 atom stereocenters. The molecule has 110 valence electrons. The van der Waals surface area contributed by atoms with Gasteiger partial charge in [-0.05, 0) is 29.8 Å². The van der Waals surface area contributed by atoms with Gasteiger partial charge in [-0.3, -0.25) is 9.78 Å². The molecule has 1 heterocycles. The third-order valence-corrected chi connectivity index (χ3v) is 4.01. The Morgan fingerprint density at radius 2 is 2.00 bits per heavy atom. The van der Waals surface area contributed by atoms with Gasteiger partial charge in [0.15, 0.2) is 0 Å². The number of carbonyl (C=O) groups excluding carboxylic acids is 1. The summed E-state index contributed by atoms with van der Waals surface area (Å²) in [5.41, 5.74) is 0.917. The van der Waals surface area contributed by atoms with Crippen molar-refractivity contribution in [3.63, 3.8) is 0 Å². The molecule has 0 aliphatic carbocycles. The summed E-state index contributed by atoms with van der Waals surface area (Å²) in [6, 6.07) is 11.4. The second kappa shape index (κ2) is 6.65. The van der Waals surface area contributed by atoms with E-state index in [1.54, 1.807) is 24.3 Å². The van der Waals surface area contributed by atoms with Crippen molar-refractivity contribution in [2.24, 2.45) is 0 Å². The minimum Gasteiger partial charge on any atom is -0.269 e. The SMILES string of the molecule is N#Cc1ccccc1/C=C/C(=O)NS(=O)(=O)c1cccnc1. The highest BCUT2D eigenvalue weighted by molar-refractivity contribution is 7.90. The predicted molar refractivity (Wildman–Crippen MR) is 79.8 cm³/mol. The molecule has 0 spiro atoms. The monoisotopic (exact) mass is 313 g/mol. The maximum atomic E-state index is 11.9.